The number of aliphatic carboxylic acids is 1. The Kier molecular flexibility index (Phi) is 2.79. The molecule has 0 saturated carbocycles. The summed E-state index contributed by atoms with van der Waals surface area (Å²) in [4.78, 5) is 23.4. The summed E-state index contributed by atoms with van der Waals surface area (Å²) in [7, 11) is 0. The Morgan fingerprint density at radius 2 is 2.00 bits per heavy atom. The molecule has 3 rings (SSSR count). The largest absolute Gasteiger partial charge is 0.481 e. The molecular formula is C16H12O4. The lowest BCUT2D eigenvalue weighted by atomic mass is 10.1. The van der Waals surface area contributed by atoms with Gasteiger partial charge in [0.15, 0.2) is 0 Å². The number of benzene rings is 2. The second kappa shape index (κ2) is 4.49. The van der Waals surface area contributed by atoms with Crippen LogP contribution in [0.4, 0.5) is 0 Å². The lowest BCUT2D eigenvalue weighted by molar-refractivity contribution is -0.136. The molecule has 0 radical (unpaired) electrons. The molecule has 4 heteroatoms. The third-order valence-corrected chi connectivity index (χ3v) is 3.27. The van der Waals surface area contributed by atoms with Crippen LogP contribution >= 0.6 is 0 Å². The molecule has 3 aromatic rings. The second-order valence-electron chi connectivity index (χ2n) is 4.80. The van der Waals surface area contributed by atoms with Crippen LogP contribution < -0.4 is 5.43 Å². The minimum Gasteiger partial charge on any atom is -0.481 e. The first kappa shape index (κ1) is 12.4. The van der Waals surface area contributed by atoms with Gasteiger partial charge >= 0.3 is 5.97 Å². The van der Waals surface area contributed by atoms with Crippen LogP contribution in [0, 0.1) is 6.92 Å². The highest BCUT2D eigenvalue weighted by Gasteiger charge is 2.12. The molecule has 0 bridgehead atoms. The van der Waals surface area contributed by atoms with E-state index in [1.54, 1.807) is 30.3 Å². The summed E-state index contributed by atoms with van der Waals surface area (Å²) in [5.41, 5.74) is 2.19. The second-order valence-corrected chi connectivity index (χ2v) is 4.80. The number of carbonyl (C=O) groups is 1. The molecule has 0 aliphatic heterocycles. The van der Waals surface area contributed by atoms with E-state index in [0.29, 0.717) is 27.5 Å². The number of fused-ring (bicyclic) bond motifs is 2. The molecule has 0 spiro atoms. The average molecular weight is 268 g/mol. The Bertz CT molecular complexity index is 890. The first-order chi connectivity index (χ1) is 9.56. The molecule has 0 unspecified atom stereocenters. The number of para-hydroxylation sites is 1. The highest BCUT2D eigenvalue weighted by molar-refractivity contribution is 5.92. The Hall–Kier alpha value is -2.62. The van der Waals surface area contributed by atoms with Crippen molar-refractivity contribution in [3.05, 3.63) is 57.7 Å². The van der Waals surface area contributed by atoms with Gasteiger partial charge in [0, 0.05) is 5.56 Å². The first-order valence-electron chi connectivity index (χ1n) is 6.23. The van der Waals surface area contributed by atoms with Crippen LogP contribution in [0.1, 0.15) is 11.1 Å². The van der Waals surface area contributed by atoms with Gasteiger partial charge in [-0.25, -0.2) is 0 Å². The molecule has 1 heterocycles. The Balaban J connectivity index is 2.43. The predicted molar refractivity (Wildman–Crippen MR) is 76.1 cm³/mol. The molecule has 0 saturated heterocycles. The molecule has 0 fully saturated rings. The van der Waals surface area contributed by atoms with Crippen LogP contribution in [-0.2, 0) is 11.2 Å². The summed E-state index contributed by atoms with van der Waals surface area (Å²) in [6.45, 7) is 1.91. The van der Waals surface area contributed by atoms with E-state index >= 15 is 0 Å². The van der Waals surface area contributed by atoms with Crippen molar-refractivity contribution in [1.29, 1.82) is 0 Å². The highest BCUT2D eigenvalue weighted by Crippen LogP contribution is 2.22. The summed E-state index contributed by atoms with van der Waals surface area (Å²) < 4.78 is 5.75. The van der Waals surface area contributed by atoms with Crippen LogP contribution in [0.2, 0.25) is 0 Å². The van der Waals surface area contributed by atoms with E-state index in [2.05, 4.69) is 0 Å². The Labute approximate surface area is 114 Å². The SMILES string of the molecule is Cc1ccc2oc3c(CC(=O)O)cccc3c(=O)c2c1. The molecule has 1 aromatic heterocycles. The van der Waals surface area contributed by atoms with Crippen molar-refractivity contribution in [2.75, 3.05) is 0 Å². The van der Waals surface area contributed by atoms with Gasteiger partial charge in [0.25, 0.3) is 0 Å². The van der Waals surface area contributed by atoms with Crippen molar-refractivity contribution in [3.63, 3.8) is 0 Å². The third-order valence-electron chi connectivity index (χ3n) is 3.27. The molecule has 0 amide bonds. The number of carboxylic acid groups (broad SMARTS) is 1. The minimum atomic E-state index is -0.954. The fraction of sp³-hybridized carbons (Fsp3) is 0.125. The van der Waals surface area contributed by atoms with Crippen molar-refractivity contribution >= 4 is 27.9 Å². The molecular weight excluding hydrogens is 256 g/mol. The Morgan fingerprint density at radius 3 is 2.75 bits per heavy atom. The molecule has 2 aromatic carbocycles. The normalized spacial score (nSPS) is 11.1. The lowest BCUT2D eigenvalue weighted by Gasteiger charge is -2.05. The molecule has 1 N–H and O–H groups in total. The topological polar surface area (TPSA) is 67.5 Å². The maximum Gasteiger partial charge on any atom is 0.307 e. The summed E-state index contributed by atoms with van der Waals surface area (Å²) in [5.74, 6) is -0.954. The van der Waals surface area contributed by atoms with E-state index in [9.17, 15) is 9.59 Å². The van der Waals surface area contributed by atoms with Crippen molar-refractivity contribution in [3.8, 4) is 0 Å². The summed E-state index contributed by atoms with van der Waals surface area (Å²) in [6, 6.07) is 10.4. The molecule has 4 nitrogen and oxygen atoms in total. The smallest absolute Gasteiger partial charge is 0.307 e. The zero-order chi connectivity index (χ0) is 14.3. The maximum atomic E-state index is 12.5. The summed E-state index contributed by atoms with van der Waals surface area (Å²) in [6.07, 6.45) is -0.169. The molecule has 100 valence electrons. The zero-order valence-corrected chi connectivity index (χ0v) is 10.8. The quantitative estimate of drug-likeness (QED) is 0.726. The van der Waals surface area contributed by atoms with E-state index in [-0.39, 0.29) is 11.8 Å². The molecule has 20 heavy (non-hydrogen) atoms. The fourth-order valence-electron chi connectivity index (χ4n) is 2.35. The fourth-order valence-corrected chi connectivity index (χ4v) is 2.35. The maximum absolute atomic E-state index is 12.5. The van der Waals surface area contributed by atoms with Gasteiger partial charge in [-0.2, -0.15) is 0 Å². The van der Waals surface area contributed by atoms with Gasteiger partial charge in [0.05, 0.1) is 17.2 Å². The third kappa shape index (κ3) is 1.95. The Morgan fingerprint density at radius 1 is 1.20 bits per heavy atom. The van der Waals surface area contributed by atoms with E-state index in [1.165, 1.54) is 0 Å². The van der Waals surface area contributed by atoms with Gasteiger partial charge in [-0.15, -0.1) is 0 Å². The highest BCUT2D eigenvalue weighted by atomic mass is 16.4. The number of hydrogen-bond acceptors (Lipinski definition) is 3. The van der Waals surface area contributed by atoms with Gasteiger partial charge in [0.2, 0.25) is 5.43 Å². The van der Waals surface area contributed by atoms with Gasteiger partial charge in [0.1, 0.15) is 11.2 Å². The lowest BCUT2D eigenvalue weighted by Crippen LogP contribution is -2.06. The van der Waals surface area contributed by atoms with Gasteiger partial charge in [-0.1, -0.05) is 23.8 Å². The number of hydrogen-bond donors (Lipinski definition) is 1. The summed E-state index contributed by atoms with van der Waals surface area (Å²) >= 11 is 0. The minimum absolute atomic E-state index is 0.128. The monoisotopic (exact) mass is 268 g/mol. The molecule has 0 aliphatic rings. The molecule has 0 atom stereocenters. The van der Waals surface area contributed by atoms with Crippen LogP contribution in [0.25, 0.3) is 21.9 Å². The number of aryl methyl sites for hydroxylation is 1. The average Bonchev–Trinajstić information content (AvgIpc) is 2.40. The van der Waals surface area contributed by atoms with Gasteiger partial charge in [-0.3, -0.25) is 9.59 Å². The van der Waals surface area contributed by atoms with E-state index < -0.39 is 5.97 Å². The summed E-state index contributed by atoms with van der Waals surface area (Å²) in [5, 5.41) is 9.86. The van der Waals surface area contributed by atoms with Crippen molar-refractivity contribution in [2.24, 2.45) is 0 Å². The zero-order valence-electron chi connectivity index (χ0n) is 10.8. The molecule has 0 aliphatic carbocycles. The van der Waals surface area contributed by atoms with Crippen molar-refractivity contribution in [2.45, 2.75) is 13.3 Å². The van der Waals surface area contributed by atoms with E-state index in [4.69, 9.17) is 9.52 Å². The van der Waals surface area contributed by atoms with Crippen molar-refractivity contribution in [1.82, 2.24) is 0 Å². The van der Waals surface area contributed by atoms with Crippen molar-refractivity contribution < 1.29 is 14.3 Å². The van der Waals surface area contributed by atoms with Crippen LogP contribution in [-0.4, -0.2) is 11.1 Å². The predicted octanol–water partition coefficient (Wildman–Crippen LogP) is 2.88. The van der Waals surface area contributed by atoms with Gasteiger partial charge < -0.3 is 9.52 Å². The number of rotatable bonds is 2. The van der Waals surface area contributed by atoms with E-state index in [1.807, 2.05) is 13.0 Å². The van der Waals surface area contributed by atoms with Gasteiger partial charge in [-0.05, 0) is 25.1 Å². The van der Waals surface area contributed by atoms with Crippen LogP contribution in [0.15, 0.2) is 45.6 Å². The van der Waals surface area contributed by atoms with E-state index in [0.717, 1.165) is 5.56 Å². The van der Waals surface area contributed by atoms with Crippen LogP contribution in [0.5, 0.6) is 0 Å². The van der Waals surface area contributed by atoms with Crippen LogP contribution in [0.3, 0.4) is 0 Å². The number of carboxylic acids is 1. The standard InChI is InChI=1S/C16H12O4/c1-9-5-6-13-12(7-9)15(19)11-4-2-3-10(8-14(17)18)16(11)20-13/h2-7H,8H2,1H3,(H,17,18). The first-order valence-corrected chi connectivity index (χ1v) is 6.23.